The summed E-state index contributed by atoms with van der Waals surface area (Å²) in [5.74, 6) is 0.295. The van der Waals surface area contributed by atoms with Gasteiger partial charge in [0.1, 0.15) is 5.82 Å². The Hall–Kier alpha value is -2.30. The lowest BCUT2D eigenvalue weighted by Gasteiger charge is -2.02. The summed E-state index contributed by atoms with van der Waals surface area (Å²) >= 11 is 0. The highest BCUT2D eigenvalue weighted by molar-refractivity contribution is 5.66. The van der Waals surface area contributed by atoms with Crippen LogP contribution in [-0.4, -0.2) is 9.38 Å². The first-order chi connectivity index (χ1) is 9.07. The molecular weight excluding hydrogens is 253 g/mol. The van der Waals surface area contributed by atoms with Gasteiger partial charge in [0.25, 0.3) is 0 Å². The van der Waals surface area contributed by atoms with E-state index in [9.17, 15) is 13.2 Å². The van der Waals surface area contributed by atoms with Gasteiger partial charge in [0.15, 0.2) is 5.69 Å². The van der Waals surface area contributed by atoms with Gasteiger partial charge in [0.05, 0.1) is 5.52 Å². The van der Waals surface area contributed by atoms with Crippen molar-refractivity contribution >= 4 is 5.52 Å². The molecule has 2 nitrogen and oxygen atoms in total. The maximum absolute atomic E-state index is 13.0. The smallest absolute Gasteiger partial charge is 0.299 e. The van der Waals surface area contributed by atoms with Gasteiger partial charge in [-0.1, -0.05) is 36.4 Å². The van der Waals surface area contributed by atoms with Crippen molar-refractivity contribution in [3.8, 4) is 11.4 Å². The maximum atomic E-state index is 13.0. The zero-order valence-electron chi connectivity index (χ0n) is 9.72. The molecule has 0 saturated carbocycles. The Morgan fingerprint density at radius 1 is 0.895 bits per heavy atom. The van der Waals surface area contributed by atoms with Gasteiger partial charge in [-0.2, -0.15) is 13.2 Å². The third-order valence-corrected chi connectivity index (χ3v) is 2.85. The highest BCUT2D eigenvalue weighted by Crippen LogP contribution is 2.34. The van der Waals surface area contributed by atoms with Crippen LogP contribution in [0.4, 0.5) is 13.2 Å². The Morgan fingerprint density at radius 3 is 2.26 bits per heavy atom. The Bertz CT molecular complexity index is 714. The second-order valence-electron chi connectivity index (χ2n) is 4.10. The van der Waals surface area contributed by atoms with Crippen molar-refractivity contribution in [2.45, 2.75) is 6.18 Å². The van der Waals surface area contributed by atoms with Crippen LogP contribution in [0.25, 0.3) is 16.9 Å². The number of halogens is 3. The summed E-state index contributed by atoms with van der Waals surface area (Å²) in [7, 11) is 0. The van der Waals surface area contributed by atoms with E-state index in [1.54, 1.807) is 42.6 Å². The SMILES string of the molecule is FC(F)(F)c1nc(-c2ccccc2)n2ccccc12. The minimum Gasteiger partial charge on any atom is -0.299 e. The van der Waals surface area contributed by atoms with Crippen LogP contribution in [-0.2, 0) is 6.18 Å². The first-order valence-electron chi connectivity index (χ1n) is 5.67. The van der Waals surface area contributed by atoms with Gasteiger partial charge in [0, 0.05) is 11.8 Å². The fourth-order valence-electron chi connectivity index (χ4n) is 2.04. The lowest BCUT2D eigenvalue weighted by molar-refractivity contribution is -0.139. The lowest BCUT2D eigenvalue weighted by atomic mass is 10.2. The van der Waals surface area contributed by atoms with Crippen molar-refractivity contribution in [3.05, 3.63) is 60.4 Å². The van der Waals surface area contributed by atoms with Crippen molar-refractivity contribution < 1.29 is 13.2 Å². The summed E-state index contributed by atoms with van der Waals surface area (Å²) in [5, 5.41) is 0. The molecule has 1 aromatic carbocycles. The number of hydrogen-bond acceptors (Lipinski definition) is 1. The van der Waals surface area contributed by atoms with E-state index in [1.807, 2.05) is 6.07 Å². The topological polar surface area (TPSA) is 17.3 Å². The van der Waals surface area contributed by atoms with Crippen LogP contribution in [0.15, 0.2) is 54.7 Å². The summed E-state index contributed by atoms with van der Waals surface area (Å²) in [5.41, 5.74) is -0.139. The molecular formula is C14H9F3N2. The van der Waals surface area contributed by atoms with E-state index >= 15 is 0 Å². The van der Waals surface area contributed by atoms with Crippen molar-refractivity contribution in [2.75, 3.05) is 0 Å². The van der Waals surface area contributed by atoms with E-state index in [0.717, 1.165) is 0 Å². The molecule has 96 valence electrons. The first kappa shape index (κ1) is 11.8. The van der Waals surface area contributed by atoms with E-state index < -0.39 is 11.9 Å². The second-order valence-corrected chi connectivity index (χ2v) is 4.10. The molecule has 0 bridgehead atoms. The number of hydrogen-bond donors (Lipinski definition) is 0. The van der Waals surface area contributed by atoms with Crippen molar-refractivity contribution in [1.82, 2.24) is 9.38 Å². The summed E-state index contributed by atoms with van der Waals surface area (Å²) < 4.78 is 40.4. The minimum absolute atomic E-state index is 0.0638. The third-order valence-electron chi connectivity index (χ3n) is 2.85. The third kappa shape index (κ3) is 1.97. The largest absolute Gasteiger partial charge is 0.435 e. The van der Waals surface area contributed by atoms with Gasteiger partial charge in [-0.05, 0) is 12.1 Å². The molecule has 0 unspecified atom stereocenters. The van der Waals surface area contributed by atoms with Gasteiger partial charge in [-0.3, -0.25) is 4.40 Å². The fourth-order valence-corrected chi connectivity index (χ4v) is 2.04. The highest BCUT2D eigenvalue weighted by atomic mass is 19.4. The number of imidazole rings is 1. The molecule has 3 aromatic rings. The average molecular weight is 262 g/mol. The molecule has 0 fully saturated rings. The van der Waals surface area contributed by atoms with E-state index in [1.165, 1.54) is 10.5 Å². The van der Waals surface area contributed by atoms with Crippen LogP contribution in [0.5, 0.6) is 0 Å². The van der Waals surface area contributed by atoms with Gasteiger partial charge < -0.3 is 0 Å². The van der Waals surface area contributed by atoms with Crippen molar-refractivity contribution in [1.29, 1.82) is 0 Å². The number of fused-ring (bicyclic) bond motifs is 1. The molecule has 0 amide bonds. The molecule has 0 atom stereocenters. The van der Waals surface area contributed by atoms with Gasteiger partial charge in [-0.25, -0.2) is 4.98 Å². The molecule has 0 aliphatic heterocycles. The van der Waals surface area contributed by atoms with E-state index in [0.29, 0.717) is 11.4 Å². The van der Waals surface area contributed by atoms with E-state index in [4.69, 9.17) is 0 Å². The van der Waals surface area contributed by atoms with Crippen LogP contribution in [0.2, 0.25) is 0 Å². The Kier molecular flexibility index (Phi) is 2.55. The van der Waals surface area contributed by atoms with Gasteiger partial charge in [0.2, 0.25) is 0 Å². The monoisotopic (exact) mass is 262 g/mol. The minimum atomic E-state index is -4.46. The number of benzene rings is 1. The molecule has 3 rings (SSSR count). The molecule has 2 aromatic heterocycles. The van der Waals surface area contributed by atoms with Crippen LogP contribution >= 0.6 is 0 Å². The standard InChI is InChI=1S/C14H9F3N2/c15-14(16,17)12-11-8-4-5-9-19(11)13(18-12)10-6-2-1-3-7-10/h1-9H. The molecule has 0 saturated heterocycles. The fraction of sp³-hybridized carbons (Fsp3) is 0.0714. The summed E-state index contributed by atoms with van der Waals surface area (Å²) in [6.45, 7) is 0. The van der Waals surface area contributed by atoms with Crippen molar-refractivity contribution in [2.24, 2.45) is 0 Å². The number of alkyl halides is 3. The van der Waals surface area contributed by atoms with Gasteiger partial charge >= 0.3 is 6.18 Å². The molecule has 0 N–H and O–H groups in total. The Balaban J connectivity index is 2.33. The lowest BCUT2D eigenvalue weighted by Crippen LogP contribution is -2.05. The highest BCUT2D eigenvalue weighted by Gasteiger charge is 2.36. The molecule has 0 radical (unpaired) electrons. The predicted molar refractivity (Wildman–Crippen MR) is 65.6 cm³/mol. The zero-order valence-corrected chi connectivity index (χ0v) is 9.72. The average Bonchev–Trinajstić information content (AvgIpc) is 2.79. The Morgan fingerprint density at radius 2 is 1.58 bits per heavy atom. The van der Waals surface area contributed by atoms with Crippen LogP contribution in [0.3, 0.4) is 0 Å². The predicted octanol–water partition coefficient (Wildman–Crippen LogP) is 4.02. The zero-order chi connectivity index (χ0) is 13.5. The van der Waals surface area contributed by atoms with Gasteiger partial charge in [-0.15, -0.1) is 0 Å². The van der Waals surface area contributed by atoms with Crippen LogP contribution in [0, 0.1) is 0 Å². The van der Waals surface area contributed by atoms with Crippen LogP contribution < -0.4 is 0 Å². The van der Waals surface area contributed by atoms with Crippen LogP contribution in [0.1, 0.15) is 5.69 Å². The summed E-state index contributed by atoms with van der Waals surface area (Å²) in [6, 6.07) is 13.5. The molecule has 5 heteroatoms. The first-order valence-corrected chi connectivity index (χ1v) is 5.67. The maximum Gasteiger partial charge on any atom is 0.435 e. The van der Waals surface area contributed by atoms with Crippen molar-refractivity contribution in [3.63, 3.8) is 0 Å². The number of nitrogens with zero attached hydrogens (tertiary/aromatic N) is 2. The summed E-state index contributed by atoms with van der Waals surface area (Å²) in [4.78, 5) is 3.77. The summed E-state index contributed by atoms with van der Waals surface area (Å²) in [6.07, 6.45) is -2.88. The second kappa shape index (κ2) is 4.12. The van der Waals surface area contributed by atoms with E-state index in [2.05, 4.69) is 4.98 Å². The molecule has 19 heavy (non-hydrogen) atoms. The molecule has 0 aliphatic rings. The quantitative estimate of drug-likeness (QED) is 0.647. The normalized spacial score (nSPS) is 11.9. The number of rotatable bonds is 1. The van der Waals surface area contributed by atoms with E-state index in [-0.39, 0.29) is 5.52 Å². The molecule has 2 heterocycles. The molecule has 0 aliphatic carbocycles. The Labute approximate surface area is 107 Å². The molecule has 0 spiro atoms. The number of aromatic nitrogens is 2. The number of pyridine rings is 1.